The van der Waals surface area contributed by atoms with Crippen molar-refractivity contribution >= 4 is 0 Å². The van der Waals surface area contributed by atoms with Crippen LogP contribution in [0, 0.1) is 11.8 Å². The maximum absolute atomic E-state index is 4.61. The first-order valence-electron chi connectivity index (χ1n) is 11.2. The van der Waals surface area contributed by atoms with Gasteiger partial charge in [0.1, 0.15) is 0 Å². The van der Waals surface area contributed by atoms with E-state index < -0.39 is 0 Å². The van der Waals surface area contributed by atoms with Crippen molar-refractivity contribution in [2.24, 2.45) is 11.8 Å². The molecule has 1 aliphatic carbocycles. The van der Waals surface area contributed by atoms with Crippen LogP contribution < -0.4 is 0 Å². The molecule has 0 saturated heterocycles. The molecule has 1 fully saturated rings. The highest BCUT2D eigenvalue weighted by Crippen LogP contribution is 2.34. The molecule has 1 aromatic heterocycles. The molecular weight excluding hydrogens is 328 g/mol. The topological polar surface area (TPSA) is 25.8 Å². The summed E-state index contributed by atoms with van der Waals surface area (Å²) in [6, 6.07) is 8.61. The van der Waals surface area contributed by atoms with Crippen molar-refractivity contribution in [1.82, 2.24) is 9.97 Å². The molecule has 0 N–H and O–H groups in total. The van der Waals surface area contributed by atoms with Crippen molar-refractivity contribution in [1.29, 1.82) is 0 Å². The Morgan fingerprint density at radius 1 is 0.778 bits per heavy atom. The van der Waals surface area contributed by atoms with Gasteiger partial charge in [0.15, 0.2) is 5.82 Å². The molecule has 0 amide bonds. The van der Waals surface area contributed by atoms with Crippen molar-refractivity contribution in [2.75, 3.05) is 0 Å². The largest absolute Gasteiger partial charge is 0.236 e. The Labute approximate surface area is 165 Å². The maximum atomic E-state index is 4.61. The highest BCUT2D eigenvalue weighted by atomic mass is 14.9. The fourth-order valence-electron chi connectivity index (χ4n) is 4.39. The molecule has 3 rings (SSSR count). The molecule has 1 aromatic carbocycles. The lowest BCUT2D eigenvalue weighted by Gasteiger charge is -2.28. The summed E-state index contributed by atoms with van der Waals surface area (Å²) in [7, 11) is 0. The fourth-order valence-corrected chi connectivity index (χ4v) is 4.39. The molecule has 146 valence electrons. The standard InChI is InChI=1S/C25H36N2/c1-3-5-6-7-21-8-10-22(11-9-21)12-13-23-18-26-25(27-19-23)24-16-14-20(4-2)15-17-24/h14-19,21-22H,3-13H2,1-2H3. The zero-order valence-corrected chi connectivity index (χ0v) is 17.3. The molecule has 0 atom stereocenters. The van der Waals surface area contributed by atoms with Gasteiger partial charge in [-0.25, -0.2) is 9.97 Å². The van der Waals surface area contributed by atoms with Gasteiger partial charge in [0, 0.05) is 18.0 Å². The van der Waals surface area contributed by atoms with E-state index in [2.05, 4.69) is 48.1 Å². The van der Waals surface area contributed by atoms with Gasteiger partial charge in [0.05, 0.1) is 0 Å². The van der Waals surface area contributed by atoms with Gasteiger partial charge < -0.3 is 0 Å². The SMILES string of the molecule is CCCCCC1CCC(CCc2cnc(-c3ccc(CC)cc3)nc2)CC1. The predicted molar refractivity (Wildman–Crippen MR) is 115 cm³/mol. The lowest BCUT2D eigenvalue weighted by molar-refractivity contribution is 0.249. The minimum atomic E-state index is 0.842. The van der Waals surface area contributed by atoms with E-state index in [9.17, 15) is 0 Å². The molecule has 0 spiro atoms. The smallest absolute Gasteiger partial charge is 0.159 e. The van der Waals surface area contributed by atoms with Gasteiger partial charge in [-0.2, -0.15) is 0 Å². The number of aryl methyl sites for hydroxylation is 2. The minimum absolute atomic E-state index is 0.842. The Kier molecular flexibility index (Phi) is 7.86. The van der Waals surface area contributed by atoms with Crippen molar-refractivity contribution in [3.8, 4) is 11.4 Å². The lowest BCUT2D eigenvalue weighted by atomic mass is 9.78. The monoisotopic (exact) mass is 364 g/mol. The van der Waals surface area contributed by atoms with E-state index in [4.69, 9.17) is 0 Å². The van der Waals surface area contributed by atoms with Crippen molar-refractivity contribution < 1.29 is 0 Å². The fraction of sp³-hybridized carbons (Fsp3) is 0.600. The normalized spacial score (nSPS) is 19.9. The second kappa shape index (κ2) is 10.6. The first-order chi connectivity index (χ1) is 13.3. The minimum Gasteiger partial charge on any atom is -0.236 e. The molecule has 27 heavy (non-hydrogen) atoms. The Morgan fingerprint density at radius 3 is 2.00 bits per heavy atom. The van der Waals surface area contributed by atoms with E-state index in [0.29, 0.717) is 0 Å². The number of unbranched alkanes of at least 4 members (excludes halogenated alkanes) is 2. The van der Waals surface area contributed by atoms with Gasteiger partial charge in [0.2, 0.25) is 0 Å². The van der Waals surface area contributed by atoms with Crippen LogP contribution in [0.25, 0.3) is 11.4 Å². The molecule has 2 aromatic rings. The first kappa shape index (κ1) is 20.0. The third kappa shape index (κ3) is 6.16. The van der Waals surface area contributed by atoms with Gasteiger partial charge in [-0.05, 0) is 42.2 Å². The number of hydrogen-bond donors (Lipinski definition) is 0. The molecule has 0 unspecified atom stereocenters. The predicted octanol–water partition coefficient (Wildman–Crippen LogP) is 7.03. The van der Waals surface area contributed by atoms with Crippen molar-refractivity contribution in [3.63, 3.8) is 0 Å². The summed E-state index contributed by atoms with van der Waals surface area (Å²) in [5.74, 6) is 2.76. The Bertz CT molecular complexity index is 652. The highest BCUT2D eigenvalue weighted by Gasteiger charge is 2.20. The van der Waals surface area contributed by atoms with Gasteiger partial charge in [-0.1, -0.05) is 89.5 Å². The van der Waals surface area contributed by atoms with E-state index in [0.717, 1.165) is 36.1 Å². The molecular formula is C25H36N2. The molecule has 2 nitrogen and oxygen atoms in total. The van der Waals surface area contributed by atoms with Crippen LogP contribution in [-0.2, 0) is 12.8 Å². The number of rotatable bonds is 9. The van der Waals surface area contributed by atoms with Gasteiger partial charge in [0.25, 0.3) is 0 Å². The number of hydrogen-bond acceptors (Lipinski definition) is 2. The summed E-state index contributed by atoms with van der Waals surface area (Å²) >= 11 is 0. The van der Waals surface area contributed by atoms with Crippen molar-refractivity contribution in [2.45, 2.75) is 84.5 Å². The molecule has 0 bridgehead atoms. The van der Waals surface area contributed by atoms with Crippen LogP contribution in [0.1, 0.15) is 82.8 Å². The van der Waals surface area contributed by atoms with E-state index in [-0.39, 0.29) is 0 Å². The molecule has 1 saturated carbocycles. The zero-order valence-electron chi connectivity index (χ0n) is 17.3. The van der Waals surface area contributed by atoms with Crippen LogP contribution in [0.3, 0.4) is 0 Å². The molecule has 2 heteroatoms. The van der Waals surface area contributed by atoms with E-state index in [1.54, 1.807) is 0 Å². The zero-order chi connectivity index (χ0) is 18.9. The maximum Gasteiger partial charge on any atom is 0.159 e. The summed E-state index contributed by atoms with van der Waals surface area (Å²) in [5, 5.41) is 0. The van der Waals surface area contributed by atoms with Crippen LogP contribution in [0.2, 0.25) is 0 Å². The molecule has 0 aliphatic heterocycles. The molecule has 1 aliphatic rings. The third-order valence-electron chi connectivity index (χ3n) is 6.35. The first-order valence-corrected chi connectivity index (χ1v) is 11.2. The average molecular weight is 365 g/mol. The third-order valence-corrected chi connectivity index (χ3v) is 6.35. The van der Waals surface area contributed by atoms with Gasteiger partial charge >= 0.3 is 0 Å². The lowest BCUT2D eigenvalue weighted by Crippen LogP contribution is -2.15. The summed E-state index contributed by atoms with van der Waals surface area (Å²) in [6.07, 6.45) is 19.0. The summed E-state index contributed by atoms with van der Waals surface area (Å²) in [5.41, 5.74) is 3.75. The van der Waals surface area contributed by atoms with Crippen LogP contribution in [0.5, 0.6) is 0 Å². The summed E-state index contributed by atoms with van der Waals surface area (Å²) in [4.78, 5) is 9.22. The van der Waals surface area contributed by atoms with E-state index in [1.807, 2.05) is 12.4 Å². The van der Waals surface area contributed by atoms with Gasteiger partial charge in [-0.15, -0.1) is 0 Å². The van der Waals surface area contributed by atoms with Crippen LogP contribution in [-0.4, -0.2) is 9.97 Å². The second-order valence-corrected chi connectivity index (χ2v) is 8.39. The summed E-state index contributed by atoms with van der Waals surface area (Å²) in [6.45, 7) is 4.48. The van der Waals surface area contributed by atoms with Crippen LogP contribution >= 0.6 is 0 Å². The van der Waals surface area contributed by atoms with Gasteiger partial charge in [-0.3, -0.25) is 0 Å². The number of aromatic nitrogens is 2. The summed E-state index contributed by atoms with van der Waals surface area (Å²) < 4.78 is 0. The number of nitrogens with zero attached hydrogens (tertiary/aromatic N) is 2. The molecule has 1 heterocycles. The highest BCUT2D eigenvalue weighted by molar-refractivity contribution is 5.55. The Balaban J connectivity index is 1.42. The average Bonchev–Trinajstić information content (AvgIpc) is 2.74. The van der Waals surface area contributed by atoms with E-state index >= 15 is 0 Å². The number of benzene rings is 1. The Hall–Kier alpha value is -1.70. The van der Waals surface area contributed by atoms with Crippen molar-refractivity contribution in [3.05, 3.63) is 47.8 Å². The molecule has 0 radical (unpaired) electrons. The van der Waals surface area contributed by atoms with E-state index in [1.165, 1.54) is 68.9 Å². The van der Waals surface area contributed by atoms with Crippen LogP contribution in [0.15, 0.2) is 36.7 Å². The van der Waals surface area contributed by atoms with Crippen LogP contribution in [0.4, 0.5) is 0 Å². The quantitative estimate of drug-likeness (QED) is 0.446. The Morgan fingerprint density at radius 2 is 1.41 bits per heavy atom. The second-order valence-electron chi connectivity index (χ2n) is 8.39.